The van der Waals surface area contributed by atoms with Crippen molar-refractivity contribution in [3.05, 3.63) is 42.0 Å². The van der Waals surface area contributed by atoms with Crippen molar-refractivity contribution >= 4 is 22.7 Å². The van der Waals surface area contributed by atoms with Crippen LogP contribution >= 0.6 is 11.3 Å². The van der Waals surface area contributed by atoms with Crippen LogP contribution in [0.5, 0.6) is 0 Å². The highest BCUT2D eigenvalue weighted by Crippen LogP contribution is 2.25. The summed E-state index contributed by atoms with van der Waals surface area (Å²) in [6, 6.07) is 7.86. The molecule has 0 aliphatic heterocycles. The minimum atomic E-state index is 0.709. The van der Waals surface area contributed by atoms with Gasteiger partial charge in [-0.2, -0.15) is 0 Å². The Labute approximate surface area is 90.8 Å². The number of nitrogens with two attached hydrogens (primary N) is 1. The molecule has 3 rings (SSSR count). The highest BCUT2D eigenvalue weighted by Gasteiger charge is 2.06. The van der Waals surface area contributed by atoms with E-state index >= 15 is 0 Å². The maximum absolute atomic E-state index is 5.84. The molecule has 0 saturated heterocycles. The Kier molecular flexibility index (Phi) is 1.76. The Morgan fingerprint density at radius 2 is 2.20 bits per heavy atom. The van der Waals surface area contributed by atoms with E-state index in [0.717, 1.165) is 16.2 Å². The lowest BCUT2D eigenvalue weighted by Crippen LogP contribution is -1.90. The largest absolute Gasteiger partial charge is 0.396 e. The number of rotatable bonds is 1. The molecule has 74 valence electrons. The molecule has 4 heteroatoms. The Morgan fingerprint density at radius 1 is 1.27 bits per heavy atom. The number of thiophene rings is 1. The zero-order valence-electron chi connectivity index (χ0n) is 7.92. The van der Waals surface area contributed by atoms with Crippen LogP contribution in [0.1, 0.15) is 0 Å². The lowest BCUT2D eigenvalue weighted by atomic mass is 10.4. The van der Waals surface area contributed by atoms with Gasteiger partial charge in [-0.15, -0.1) is 11.3 Å². The first-order valence-corrected chi connectivity index (χ1v) is 5.49. The third-order valence-corrected chi connectivity index (χ3v) is 3.18. The van der Waals surface area contributed by atoms with Crippen LogP contribution in [-0.2, 0) is 0 Å². The molecule has 0 atom stereocenters. The van der Waals surface area contributed by atoms with Crippen molar-refractivity contribution in [1.29, 1.82) is 0 Å². The number of hydrogen-bond acceptors (Lipinski definition) is 3. The molecule has 0 saturated carbocycles. The van der Waals surface area contributed by atoms with E-state index in [1.807, 2.05) is 40.4 Å². The first-order valence-electron chi connectivity index (χ1n) is 4.62. The Morgan fingerprint density at radius 3 is 2.93 bits per heavy atom. The summed E-state index contributed by atoms with van der Waals surface area (Å²) in [6.07, 6.45) is 3.95. The van der Waals surface area contributed by atoms with E-state index in [1.54, 1.807) is 11.3 Å². The van der Waals surface area contributed by atoms with Crippen molar-refractivity contribution in [3.63, 3.8) is 0 Å². The van der Waals surface area contributed by atoms with Gasteiger partial charge < -0.3 is 10.1 Å². The fourth-order valence-electron chi connectivity index (χ4n) is 1.58. The minimum absolute atomic E-state index is 0.709. The molecule has 0 spiro atoms. The van der Waals surface area contributed by atoms with Crippen LogP contribution in [0.2, 0.25) is 0 Å². The maximum atomic E-state index is 5.84. The molecular formula is C11H9N3S. The number of nitrogens with zero attached hydrogens (tertiary/aromatic N) is 2. The molecule has 3 heterocycles. The van der Waals surface area contributed by atoms with Crippen LogP contribution in [0.4, 0.5) is 5.69 Å². The van der Waals surface area contributed by atoms with Crippen LogP contribution in [0, 0.1) is 0 Å². The van der Waals surface area contributed by atoms with Gasteiger partial charge in [0.05, 0.1) is 16.3 Å². The highest BCUT2D eigenvalue weighted by atomic mass is 32.1. The molecule has 3 nitrogen and oxygen atoms in total. The van der Waals surface area contributed by atoms with E-state index in [0.29, 0.717) is 5.69 Å². The molecule has 0 amide bonds. The Balaban J connectivity index is 2.27. The zero-order chi connectivity index (χ0) is 10.3. The van der Waals surface area contributed by atoms with Gasteiger partial charge in [0.2, 0.25) is 0 Å². The molecule has 0 radical (unpaired) electrons. The highest BCUT2D eigenvalue weighted by molar-refractivity contribution is 7.13. The number of nitrogen functional groups attached to an aromatic ring is 1. The molecule has 0 aliphatic carbocycles. The summed E-state index contributed by atoms with van der Waals surface area (Å²) in [5.74, 6) is 0. The van der Waals surface area contributed by atoms with E-state index in [-0.39, 0.29) is 0 Å². The summed E-state index contributed by atoms with van der Waals surface area (Å²) in [5, 5.41) is 2.04. The zero-order valence-corrected chi connectivity index (χ0v) is 8.74. The average Bonchev–Trinajstić information content (AvgIpc) is 2.86. The molecule has 0 bridgehead atoms. The van der Waals surface area contributed by atoms with Gasteiger partial charge in [0.1, 0.15) is 0 Å². The van der Waals surface area contributed by atoms with E-state index < -0.39 is 0 Å². The van der Waals surface area contributed by atoms with Crippen molar-refractivity contribution < 1.29 is 0 Å². The predicted octanol–water partition coefficient (Wildman–Crippen LogP) is 2.65. The summed E-state index contributed by atoms with van der Waals surface area (Å²) in [6.45, 7) is 0. The lowest BCUT2D eigenvalue weighted by Gasteiger charge is -1.94. The number of pyridine rings is 1. The summed E-state index contributed by atoms with van der Waals surface area (Å²) >= 11 is 1.68. The Bertz CT molecular complexity index is 595. The van der Waals surface area contributed by atoms with Gasteiger partial charge in [0, 0.05) is 12.4 Å². The fourth-order valence-corrected chi connectivity index (χ4v) is 2.26. The average molecular weight is 215 g/mol. The second-order valence-electron chi connectivity index (χ2n) is 3.30. The standard InChI is InChI=1S/C11H9N3S/c12-8-3-1-5-14-7-9(13-11(8)14)10-4-2-6-15-10/h1-7H,12H2. The normalized spacial score (nSPS) is 10.9. The summed E-state index contributed by atoms with van der Waals surface area (Å²) in [7, 11) is 0. The monoisotopic (exact) mass is 215 g/mol. The van der Waals surface area contributed by atoms with Crippen LogP contribution < -0.4 is 5.73 Å². The van der Waals surface area contributed by atoms with Gasteiger partial charge in [-0.05, 0) is 23.6 Å². The van der Waals surface area contributed by atoms with Crippen molar-refractivity contribution in [2.45, 2.75) is 0 Å². The molecule has 0 aliphatic rings. The van der Waals surface area contributed by atoms with Crippen LogP contribution in [0.3, 0.4) is 0 Å². The third kappa shape index (κ3) is 1.30. The Hall–Kier alpha value is -1.81. The minimum Gasteiger partial charge on any atom is -0.396 e. The SMILES string of the molecule is Nc1cccn2cc(-c3cccs3)nc12. The van der Waals surface area contributed by atoms with Gasteiger partial charge in [0.25, 0.3) is 0 Å². The van der Waals surface area contributed by atoms with E-state index in [4.69, 9.17) is 5.73 Å². The van der Waals surface area contributed by atoms with Crippen molar-refractivity contribution in [1.82, 2.24) is 9.38 Å². The van der Waals surface area contributed by atoms with E-state index in [2.05, 4.69) is 11.1 Å². The second-order valence-corrected chi connectivity index (χ2v) is 4.25. The van der Waals surface area contributed by atoms with Crippen LogP contribution in [0.15, 0.2) is 42.0 Å². The first-order chi connectivity index (χ1) is 7.34. The lowest BCUT2D eigenvalue weighted by molar-refractivity contribution is 1.19. The topological polar surface area (TPSA) is 43.3 Å². The molecule has 15 heavy (non-hydrogen) atoms. The smallest absolute Gasteiger partial charge is 0.160 e. The first kappa shape index (κ1) is 8.49. The molecule has 0 unspecified atom stereocenters. The van der Waals surface area contributed by atoms with Gasteiger partial charge in [0.15, 0.2) is 5.65 Å². The number of imidazole rings is 1. The van der Waals surface area contributed by atoms with Gasteiger partial charge in [-0.25, -0.2) is 4.98 Å². The van der Waals surface area contributed by atoms with Crippen molar-refractivity contribution in [2.75, 3.05) is 5.73 Å². The number of hydrogen-bond donors (Lipinski definition) is 1. The van der Waals surface area contributed by atoms with Gasteiger partial charge >= 0.3 is 0 Å². The van der Waals surface area contributed by atoms with Gasteiger partial charge in [-0.3, -0.25) is 0 Å². The second kappa shape index (κ2) is 3.10. The van der Waals surface area contributed by atoms with E-state index in [1.165, 1.54) is 0 Å². The van der Waals surface area contributed by atoms with Crippen LogP contribution in [0.25, 0.3) is 16.2 Å². The van der Waals surface area contributed by atoms with Crippen LogP contribution in [-0.4, -0.2) is 9.38 Å². The fraction of sp³-hybridized carbons (Fsp3) is 0. The van der Waals surface area contributed by atoms with Crippen molar-refractivity contribution in [3.8, 4) is 10.6 Å². The van der Waals surface area contributed by atoms with E-state index in [9.17, 15) is 0 Å². The maximum Gasteiger partial charge on any atom is 0.160 e. The molecule has 2 N–H and O–H groups in total. The molecule has 0 fully saturated rings. The predicted molar refractivity (Wildman–Crippen MR) is 62.9 cm³/mol. The molecule has 3 aromatic rings. The van der Waals surface area contributed by atoms with Gasteiger partial charge in [-0.1, -0.05) is 6.07 Å². The summed E-state index contributed by atoms with van der Waals surface area (Å²) < 4.78 is 1.95. The number of fused-ring (bicyclic) bond motifs is 1. The molecular weight excluding hydrogens is 206 g/mol. The van der Waals surface area contributed by atoms with Crippen molar-refractivity contribution in [2.24, 2.45) is 0 Å². The number of anilines is 1. The molecule has 3 aromatic heterocycles. The summed E-state index contributed by atoms with van der Waals surface area (Å²) in [4.78, 5) is 5.67. The number of aromatic nitrogens is 2. The third-order valence-electron chi connectivity index (χ3n) is 2.29. The quantitative estimate of drug-likeness (QED) is 0.678. The molecule has 0 aromatic carbocycles. The summed E-state index contributed by atoms with van der Waals surface area (Å²) in [5.41, 5.74) is 8.35.